The molecule has 1 aromatic rings. The lowest BCUT2D eigenvalue weighted by molar-refractivity contribution is -0.131. The van der Waals surface area contributed by atoms with Gasteiger partial charge in [-0.2, -0.15) is 5.26 Å². The van der Waals surface area contributed by atoms with Crippen LogP contribution in [0.15, 0.2) is 30.3 Å². The first-order chi connectivity index (χ1) is 14.5. The molecule has 1 aliphatic heterocycles. The number of benzene rings is 1. The van der Waals surface area contributed by atoms with Crippen LogP contribution in [0.25, 0.3) is 0 Å². The first-order valence-electron chi connectivity index (χ1n) is 10.3. The van der Waals surface area contributed by atoms with E-state index in [1.807, 2.05) is 50.2 Å². The van der Waals surface area contributed by atoms with Crippen LogP contribution >= 0.6 is 0 Å². The lowest BCUT2D eigenvalue weighted by Crippen LogP contribution is -2.48. The summed E-state index contributed by atoms with van der Waals surface area (Å²) in [5.74, 6) is -0.129. The Morgan fingerprint density at radius 1 is 1.20 bits per heavy atom. The second-order valence-electron chi connectivity index (χ2n) is 7.63. The molecule has 8 heteroatoms. The SMILES string of the molecule is CC(C)CC[C@H](OC(=O)N1CCOCC1)C(=O)N[C@H](C#N)COCc1ccccc1. The number of carbonyl (C=O) groups excluding carboxylic acids is 2. The molecule has 1 heterocycles. The van der Waals surface area contributed by atoms with Crippen molar-refractivity contribution in [2.45, 2.75) is 45.4 Å². The highest BCUT2D eigenvalue weighted by Crippen LogP contribution is 2.13. The molecule has 1 N–H and O–H groups in total. The molecule has 1 aromatic carbocycles. The Bertz CT molecular complexity index is 698. The minimum Gasteiger partial charge on any atom is -0.436 e. The maximum absolute atomic E-state index is 12.7. The first kappa shape index (κ1) is 23.6. The Labute approximate surface area is 178 Å². The fraction of sp³-hybridized carbons (Fsp3) is 0.591. The normalized spacial score (nSPS) is 15.9. The molecule has 164 valence electrons. The summed E-state index contributed by atoms with van der Waals surface area (Å²) in [7, 11) is 0. The fourth-order valence-corrected chi connectivity index (χ4v) is 2.92. The van der Waals surface area contributed by atoms with Crippen LogP contribution in [0.5, 0.6) is 0 Å². The van der Waals surface area contributed by atoms with Crippen molar-refractivity contribution in [3.05, 3.63) is 35.9 Å². The van der Waals surface area contributed by atoms with E-state index in [-0.39, 0.29) is 6.61 Å². The third-order valence-corrected chi connectivity index (χ3v) is 4.68. The zero-order chi connectivity index (χ0) is 21.8. The zero-order valence-electron chi connectivity index (χ0n) is 17.7. The summed E-state index contributed by atoms with van der Waals surface area (Å²) >= 11 is 0. The molecule has 2 atom stereocenters. The molecule has 0 radical (unpaired) electrons. The molecule has 2 amide bonds. The molecule has 8 nitrogen and oxygen atoms in total. The number of nitriles is 1. The molecule has 0 unspecified atom stereocenters. The number of carbonyl (C=O) groups is 2. The van der Waals surface area contributed by atoms with Gasteiger partial charge in [-0.3, -0.25) is 4.79 Å². The van der Waals surface area contributed by atoms with Gasteiger partial charge in [0.25, 0.3) is 5.91 Å². The number of nitrogens with one attached hydrogen (secondary N) is 1. The predicted octanol–water partition coefficient (Wildman–Crippen LogP) is 2.49. The van der Waals surface area contributed by atoms with Crippen molar-refractivity contribution in [3.63, 3.8) is 0 Å². The highest BCUT2D eigenvalue weighted by molar-refractivity contribution is 5.84. The number of morpholine rings is 1. The van der Waals surface area contributed by atoms with E-state index in [4.69, 9.17) is 14.2 Å². The fourth-order valence-electron chi connectivity index (χ4n) is 2.92. The van der Waals surface area contributed by atoms with E-state index in [1.165, 1.54) is 4.90 Å². The molecule has 0 saturated carbocycles. The van der Waals surface area contributed by atoms with Crippen molar-refractivity contribution in [1.29, 1.82) is 5.26 Å². The second-order valence-corrected chi connectivity index (χ2v) is 7.63. The molecular weight excluding hydrogens is 386 g/mol. The van der Waals surface area contributed by atoms with E-state index in [9.17, 15) is 14.9 Å². The van der Waals surface area contributed by atoms with Crippen LogP contribution in [0.3, 0.4) is 0 Å². The van der Waals surface area contributed by atoms with Gasteiger partial charge in [-0.1, -0.05) is 44.2 Å². The maximum atomic E-state index is 12.7. The second kappa shape index (κ2) is 12.8. The van der Waals surface area contributed by atoms with Crippen LogP contribution in [-0.2, 0) is 25.6 Å². The van der Waals surface area contributed by atoms with Crippen molar-refractivity contribution < 1.29 is 23.8 Å². The zero-order valence-corrected chi connectivity index (χ0v) is 17.7. The van der Waals surface area contributed by atoms with Gasteiger partial charge in [0.15, 0.2) is 6.10 Å². The van der Waals surface area contributed by atoms with Gasteiger partial charge in [0, 0.05) is 13.1 Å². The molecule has 1 saturated heterocycles. The van der Waals surface area contributed by atoms with Crippen molar-refractivity contribution in [3.8, 4) is 6.07 Å². The molecule has 0 aliphatic carbocycles. The van der Waals surface area contributed by atoms with E-state index in [2.05, 4.69) is 5.32 Å². The standard InChI is InChI=1S/C22H31N3O5/c1-17(2)8-9-20(30-22(27)25-10-12-28-13-11-25)21(26)24-19(14-23)16-29-15-18-6-4-3-5-7-18/h3-7,17,19-20H,8-13,15-16H2,1-2H3,(H,24,26)/t19-,20+/m1/s1. The van der Waals surface area contributed by atoms with Gasteiger partial charge in [0.05, 0.1) is 32.5 Å². The van der Waals surface area contributed by atoms with Gasteiger partial charge in [0.1, 0.15) is 6.04 Å². The summed E-state index contributed by atoms with van der Waals surface area (Å²) in [5.41, 5.74) is 0.981. The molecule has 0 bridgehead atoms. The van der Waals surface area contributed by atoms with Crippen LogP contribution < -0.4 is 5.32 Å². The highest BCUT2D eigenvalue weighted by Gasteiger charge is 2.28. The Balaban J connectivity index is 1.88. The van der Waals surface area contributed by atoms with Gasteiger partial charge in [-0.25, -0.2) is 4.79 Å². The molecule has 1 fully saturated rings. The molecule has 2 rings (SSSR count). The Morgan fingerprint density at radius 3 is 2.53 bits per heavy atom. The average molecular weight is 418 g/mol. The lowest BCUT2D eigenvalue weighted by atomic mass is 10.0. The predicted molar refractivity (Wildman–Crippen MR) is 110 cm³/mol. The average Bonchev–Trinajstić information content (AvgIpc) is 2.76. The van der Waals surface area contributed by atoms with Crippen molar-refractivity contribution >= 4 is 12.0 Å². The third kappa shape index (κ3) is 8.39. The van der Waals surface area contributed by atoms with Crippen LogP contribution in [0.4, 0.5) is 4.79 Å². The largest absolute Gasteiger partial charge is 0.436 e. The number of nitrogens with zero attached hydrogens (tertiary/aromatic N) is 2. The van der Waals surface area contributed by atoms with Crippen LogP contribution in [0.1, 0.15) is 32.3 Å². The number of rotatable bonds is 10. The van der Waals surface area contributed by atoms with Crippen LogP contribution in [0.2, 0.25) is 0 Å². The molecule has 0 aromatic heterocycles. The first-order valence-corrected chi connectivity index (χ1v) is 10.3. The Hall–Kier alpha value is -2.63. The summed E-state index contributed by atoms with van der Waals surface area (Å²) in [6.45, 7) is 6.24. The van der Waals surface area contributed by atoms with Gasteiger partial charge < -0.3 is 24.4 Å². The van der Waals surface area contributed by atoms with E-state index in [1.54, 1.807) is 0 Å². The third-order valence-electron chi connectivity index (χ3n) is 4.68. The Morgan fingerprint density at radius 2 is 1.90 bits per heavy atom. The maximum Gasteiger partial charge on any atom is 0.410 e. The minimum atomic E-state index is -0.951. The number of amides is 2. The summed E-state index contributed by atoms with van der Waals surface area (Å²) in [6, 6.07) is 10.8. The van der Waals surface area contributed by atoms with E-state index >= 15 is 0 Å². The molecule has 30 heavy (non-hydrogen) atoms. The van der Waals surface area contributed by atoms with Crippen molar-refractivity contribution in [2.75, 3.05) is 32.9 Å². The highest BCUT2D eigenvalue weighted by atomic mass is 16.6. The van der Waals surface area contributed by atoms with Crippen LogP contribution in [-0.4, -0.2) is 62.0 Å². The smallest absolute Gasteiger partial charge is 0.410 e. The van der Waals surface area contributed by atoms with E-state index in [0.29, 0.717) is 45.2 Å². The summed E-state index contributed by atoms with van der Waals surface area (Å²) in [4.78, 5) is 26.7. The van der Waals surface area contributed by atoms with Gasteiger partial charge in [-0.05, 0) is 24.3 Å². The Kier molecular flexibility index (Phi) is 10.1. The molecule has 0 spiro atoms. The van der Waals surface area contributed by atoms with E-state index < -0.39 is 24.1 Å². The minimum absolute atomic E-state index is 0.0471. The molecule has 1 aliphatic rings. The number of ether oxygens (including phenoxy) is 3. The van der Waals surface area contributed by atoms with Crippen molar-refractivity contribution in [1.82, 2.24) is 10.2 Å². The van der Waals surface area contributed by atoms with Gasteiger partial charge >= 0.3 is 6.09 Å². The summed E-state index contributed by atoms with van der Waals surface area (Å²) in [6.07, 6.45) is -0.373. The molecular formula is C22H31N3O5. The lowest BCUT2D eigenvalue weighted by Gasteiger charge is -2.28. The van der Waals surface area contributed by atoms with Crippen molar-refractivity contribution in [2.24, 2.45) is 5.92 Å². The monoisotopic (exact) mass is 417 g/mol. The van der Waals surface area contributed by atoms with Gasteiger partial charge in [0.2, 0.25) is 0 Å². The van der Waals surface area contributed by atoms with Crippen LogP contribution in [0, 0.1) is 17.2 Å². The number of hydrogen-bond acceptors (Lipinski definition) is 6. The summed E-state index contributed by atoms with van der Waals surface area (Å²) < 4.78 is 16.3. The van der Waals surface area contributed by atoms with Gasteiger partial charge in [-0.15, -0.1) is 0 Å². The quantitative estimate of drug-likeness (QED) is 0.628. The van der Waals surface area contributed by atoms with E-state index in [0.717, 1.165) is 12.0 Å². The summed E-state index contributed by atoms with van der Waals surface area (Å²) in [5, 5.41) is 12.0. The topological polar surface area (TPSA) is 101 Å². The number of hydrogen-bond donors (Lipinski definition) is 1.